The molecule has 3 aliphatic rings. The van der Waals surface area contributed by atoms with E-state index in [4.69, 9.17) is 4.74 Å². The minimum atomic E-state index is -0.654. The molecule has 3 atom stereocenters. The van der Waals surface area contributed by atoms with E-state index in [9.17, 15) is 14.7 Å². The van der Waals surface area contributed by atoms with Gasteiger partial charge in [0.25, 0.3) is 5.91 Å². The van der Waals surface area contributed by atoms with E-state index < -0.39 is 6.10 Å². The van der Waals surface area contributed by atoms with Gasteiger partial charge in [-0.15, -0.1) is 0 Å². The molecule has 4 rings (SSSR count). The molecule has 2 fully saturated rings. The van der Waals surface area contributed by atoms with Gasteiger partial charge in [0.1, 0.15) is 5.75 Å². The number of nitrogens with one attached hydrogen (secondary N) is 1. The predicted octanol–water partition coefficient (Wildman–Crippen LogP) is 0.726. The van der Waals surface area contributed by atoms with Crippen LogP contribution in [0.2, 0.25) is 0 Å². The lowest BCUT2D eigenvalue weighted by Crippen LogP contribution is -2.56. The maximum Gasteiger partial charge on any atom is 0.260 e. The Morgan fingerprint density at radius 1 is 1.28 bits per heavy atom. The number of fused-ring (bicyclic) bond motifs is 1. The molecule has 1 aromatic rings. The Balaban J connectivity index is 1.31. The zero-order valence-corrected chi connectivity index (χ0v) is 17.1. The van der Waals surface area contributed by atoms with Crippen molar-refractivity contribution in [1.82, 2.24) is 15.1 Å². The molecule has 1 aliphatic heterocycles. The van der Waals surface area contributed by atoms with Gasteiger partial charge in [-0.1, -0.05) is 6.07 Å². The normalized spacial score (nSPS) is 27.2. The summed E-state index contributed by atoms with van der Waals surface area (Å²) in [4.78, 5) is 28.0. The Morgan fingerprint density at radius 3 is 2.86 bits per heavy atom. The smallest absolute Gasteiger partial charge is 0.260 e. The molecule has 2 aliphatic carbocycles. The number of hydrogen-bond donors (Lipinski definition) is 2. The van der Waals surface area contributed by atoms with Crippen molar-refractivity contribution >= 4 is 11.8 Å². The van der Waals surface area contributed by atoms with Crippen molar-refractivity contribution in [3.63, 3.8) is 0 Å². The summed E-state index contributed by atoms with van der Waals surface area (Å²) in [5, 5.41) is 13.6. The quantitative estimate of drug-likeness (QED) is 0.760. The van der Waals surface area contributed by atoms with Crippen LogP contribution in [0, 0.1) is 0 Å². The van der Waals surface area contributed by atoms with E-state index >= 15 is 0 Å². The second-order valence-corrected chi connectivity index (χ2v) is 8.45. The second kappa shape index (κ2) is 8.71. The minimum absolute atomic E-state index is 0.00483. The molecular weight excluding hydrogens is 370 g/mol. The van der Waals surface area contributed by atoms with Crippen LogP contribution in [0.4, 0.5) is 0 Å². The zero-order valence-electron chi connectivity index (χ0n) is 17.1. The Labute approximate surface area is 172 Å². The lowest BCUT2D eigenvalue weighted by molar-refractivity contribution is -0.137. The van der Waals surface area contributed by atoms with Crippen LogP contribution in [0.15, 0.2) is 18.2 Å². The number of amides is 2. The van der Waals surface area contributed by atoms with Gasteiger partial charge in [0.05, 0.1) is 18.7 Å². The van der Waals surface area contributed by atoms with E-state index in [1.54, 1.807) is 11.9 Å². The number of aryl methyl sites for hydroxylation is 2. The number of piperazine rings is 1. The maximum absolute atomic E-state index is 12.7. The fourth-order valence-electron chi connectivity index (χ4n) is 4.93. The molecule has 158 valence electrons. The highest BCUT2D eigenvalue weighted by Crippen LogP contribution is 2.29. The summed E-state index contributed by atoms with van der Waals surface area (Å²) in [7, 11) is 1.73. The first-order valence-electron chi connectivity index (χ1n) is 10.7. The van der Waals surface area contributed by atoms with Gasteiger partial charge < -0.3 is 20.1 Å². The largest absolute Gasteiger partial charge is 0.484 e. The number of aliphatic hydroxyl groups excluding tert-OH is 1. The van der Waals surface area contributed by atoms with Gasteiger partial charge in [0.15, 0.2) is 6.61 Å². The van der Waals surface area contributed by atoms with Crippen LogP contribution in [-0.4, -0.2) is 78.2 Å². The van der Waals surface area contributed by atoms with Crippen molar-refractivity contribution in [3.8, 4) is 5.75 Å². The molecule has 0 unspecified atom stereocenters. The molecule has 1 saturated heterocycles. The summed E-state index contributed by atoms with van der Waals surface area (Å²) in [6.45, 7) is 1.62. The third-order valence-electron chi connectivity index (χ3n) is 6.66. The van der Waals surface area contributed by atoms with Crippen LogP contribution >= 0.6 is 0 Å². The standard InChI is InChI=1S/C22H31N3O4/c1-24(18-8-9-19(22(18)28)25-11-10-23-20(26)13-25)21(27)14-29-17-7-6-15-4-2-3-5-16(15)12-17/h6-7,12,18-19,22,28H,2-5,8-11,13-14H2,1H3,(H,23,26)/t18-,19-,22-/m1/s1. The predicted molar refractivity (Wildman–Crippen MR) is 109 cm³/mol. The highest BCUT2D eigenvalue weighted by atomic mass is 16.5. The molecule has 1 aromatic carbocycles. The highest BCUT2D eigenvalue weighted by Gasteiger charge is 2.42. The third-order valence-corrected chi connectivity index (χ3v) is 6.66. The number of nitrogens with zero attached hydrogens (tertiary/aromatic N) is 2. The van der Waals surface area contributed by atoms with E-state index in [2.05, 4.69) is 17.4 Å². The molecule has 0 aromatic heterocycles. The monoisotopic (exact) mass is 401 g/mol. The van der Waals surface area contributed by atoms with E-state index in [0.29, 0.717) is 13.1 Å². The summed E-state index contributed by atoms with van der Waals surface area (Å²) in [6.07, 6.45) is 5.49. The first kappa shape index (κ1) is 20.2. The maximum atomic E-state index is 12.7. The first-order valence-corrected chi connectivity index (χ1v) is 10.7. The van der Waals surface area contributed by atoms with Gasteiger partial charge >= 0.3 is 0 Å². The summed E-state index contributed by atoms with van der Waals surface area (Å²) in [5.41, 5.74) is 2.72. The van der Waals surface area contributed by atoms with E-state index in [0.717, 1.165) is 38.0 Å². The van der Waals surface area contributed by atoms with Gasteiger partial charge in [0.2, 0.25) is 5.91 Å². The summed E-state index contributed by atoms with van der Waals surface area (Å²) in [5.74, 6) is 0.593. The van der Waals surface area contributed by atoms with E-state index in [1.807, 2.05) is 11.0 Å². The summed E-state index contributed by atoms with van der Waals surface area (Å²) >= 11 is 0. The number of ether oxygens (including phenoxy) is 1. The number of hydrogen-bond acceptors (Lipinski definition) is 5. The summed E-state index contributed by atoms with van der Waals surface area (Å²) in [6, 6.07) is 5.79. The molecular formula is C22H31N3O4. The molecule has 7 nitrogen and oxygen atoms in total. The SMILES string of the molecule is CN(C(=O)COc1ccc2c(c1)CCCC2)[C@@H]1CC[C@@H](N2CCNC(=O)C2)[C@@H]1O. The fourth-order valence-corrected chi connectivity index (χ4v) is 4.93. The van der Waals surface area contributed by atoms with Gasteiger partial charge in [-0.2, -0.15) is 0 Å². The number of carbonyl (C=O) groups excluding carboxylic acids is 2. The molecule has 0 radical (unpaired) electrons. The topological polar surface area (TPSA) is 82.1 Å². The van der Waals surface area contributed by atoms with Crippen LogP contribution in [0.1, 0.15) is 36.8 Å². The van der Waals surface area contributed by atoms with Gasteiger partial charge in [-0.3, -0.25) is 14.5 Å². The van der Waals surface area contributed by atoms with E-state index in [-0.39, 0.29) is 30.5 Å². The number of likely N-dealkylation sites (N-methyl/N-ethyl adjacent to an activating group) is 1. The number of rotatable bonds is 5. The number of aliphatic hydroxyl groups is 1. The van der Waals surface area contributed by atoms with Crippen molar-refractivity contribution in [2.45, 2.75) is 56.7 Å². The van der Waals surface area contributed by atoms with Crippen LogP contribution < -0.4 is 10.1 Å². The molecule has 2 amide bonds. The first-order chi connectivity index (χ1) is 14.0. The van der Waals surface area contributed by atoms with Crippen molar-refractivity contribution in [1.29, 1.82) is 0 Å². The van der Waals surface area contributed by atoms with Gasteiger partial charge in [-0.05, 0) is 61.8 Å². The Hall–Kier alpha value is -2.12. The Kier molecular flexibility index (Phi) is 6.06. The average Bonchev–Trinajstić information content (AvgIpc) is 3.12. The minimum Gasteiger partial charge on any atom is -0.484 e. The van der Waals surface area contributed by atoms with Crippen LogP contribution in [-0.2, 0) is 22.4 Å². The van der Waals surface area contributed by atoms with Crippen LogP contribution in [0.25, 0.3) is 0 Å². The second-order valence-electron chi connectivity index (χ2n) is 8.45. The molecule has 0 bridgehead atoms. The Bertz CT molecular complexity index is 768. The highest BCUT2D eigenvalue weighted by molar-refractivity contribution is 5.79. The molecule has 7 heteroatoms. The van der Waals surface area contributed by atoms with Crippen molar-refractivity contribution in [3.05, 3.63) is 29.3 Å². The molecule has 1 saturated carbocycles. The van der Waals surface area contributed by atoms with Crippen molar-refractivity contribution < 1.29 is 19.4 Å². The summed E-state index contributed by atoms with van der Waals surface area (Å²) < 4.78 is 5.77. The van der Waals surface area contributed by atoms with Crippen LogP contribution in [0.3, 0.4) is 0 Å². The zero-order chi connectivity index (χ0) is 20.4. The number of benzene rings is 1. The lowest BCUT2D eigenvalue weighted by Gasteiger charge is -2.35. The van der Waals surface area contributed by atoms with Crippen molar-refractivity contribution in [2.24, 2.45) is 0 Å². The fraction of sp³-hybridized carbons (Fsp3) is 0.636. The lowest BCUT2D eigenvalue weighted by atomic mass is 9.92. The van der Waals surface area contributed by atoms with Crippen LogP contribution in [0.5, 0.6) is 5.75 Å². The molecule has 1 heterocycles. The van der Waals surface area contributed by atoms with Crippen molar-refractivity contribution in [2.75, 3.05) is 33.3 Å². The molecule has 2 N–H and O–H groups in total. The molecule has 29 heavy (non-hydrogen) atoms. The third kappa shape index (κ3) is 4.41. The Morgan fingerprint density at radius 2 is 2.07 bits per heavy atom. The molecule has 0 spiro atoms. The average molecular weight is 402 g/mol. The van der Waals surface area contributed by atoms with E-state index in [1.165, 1.54) is 24.0 Å². The van der Waals surface area contributed by atoms with Gasteiger partial charge in [-0.25, -0.2) is 0 Å². The van der Waals surface area contributed by atoms with Gasteiger partial charge in [0, 0.05) is 26.2 Å². The number of carbonyl (C=O) groups is 2.